The molecule has 56 valence electrons. The first kappa shape index (κ1) is 8.96. The van der Waals surface area contributed by atoms with Crippen LogP contribution < -0.4 is 0 Å². The molecule has 0 aliphatic heterocycles. The highest BCUT2D eigenvalue weighted by atomic mass is 19.1. The highest BCUT2D eigenvalue weighted by Crippen LogP contribution is 2.00. The lowest BCUT2D eigenvalue weighted by molar-refractivity contribution is -0.140. The zero-order valence-electron chi connectivity index (χ0n) is 5.76. The maximum atomic E-state index is 12.2. The van der Waals surface area contributed by atoms with Crippen molar-refractivity contribution in [3.63, 3.8) is 0 Å². The second-order valence-corrected chi connectivity index (χ2v) is 1.75. The maximum Gasteiger partial charge on any atom is 0.305 e. The van der Waals surface area contributed by atoms with Crippen LogP contribution in [0.4, 0.5) is 4.39 Å². The van der Waals surface area contributed by atoms with Crippen molar-refractivity contribution in [1.82, 2.24) is 0 Å². The quantitative estimate of drug-likeness (QED) is 0.434. The monoisotopic (exact) mass is 144 g/mol. The molecule has 0 aromatic rings. The van der Waals surface area contributed by atoms with Gasteiger partial charge in [0.1, 0.15) is 0 Å². The Bertz CT molecular complexity index is 148. The molecule has 0 amide bonds. The number of hydrogen-bond donors (Lipinski definition) is 0. The maximum absolute atomic E-state index is 12.2. The van der Waals surface area contributed by atoms with Gasteiger partial charge >= 0.3 is 5.97 Å². The molecule has 0 heterocycles. The molecule has 10 heavy (non-hydrogen) atoms. The molecule has 1 atom stereocenters. The Kier molecular flexibility index (Phi) is 4.30. The number of esters is 1. The fourth-order valence-electron chi connectivity index (χ4n) is 0.430. The number of hydrogen-bond acceptors (Lipinski definition) is 2. The minimum absolute atomic E-state index is 0.0435. The molecular weight excluding hydrogens is 135 g/mol. The molecule has 0 fully saturated rings. The molecule has 0 aliphatic rings. The van der Waals surface area contributed by atoms with Crippen LogP contribution in [0.1, 0.15) is 12.8 Å². The number of methoxy groups -OCH3 is 1. The van der Waals surface area contributed by atoms with Gasteiger partial charge in [-0.05, 0) is 0 Å². The van der Waals surface area contributed by atoms with Crippen molar-refractivity contribution in [3.05, 3.63) is 0 Å². The summed E-state index contributed by atoms with van der Waals surface area (Å²) in [4.78, 5) is 10.4. The first-order valence-corrected chi connectivity index (χ1v) is 2.87. The second kappa shape index (κ2) is 4.80. The molecule has 0 aromatic carbocycles. The topological polar surface area (TPSA) is 26.3 Å². The number of alkyl halides is 1. The van der Waals surface area contributed by atoms with Gasteiger partial charge in [-0.15, -0.1) is 6.42 Å². The average molecular weight is 144 g/mol. The van der Waals surface area contributed by atoms with E-state index in [-0.39, 0.29) is 12.8 Å². The van der Waals surface area contributed by atoms with E-state index in [9.17, 15) is 9.18 Å². The van der Waals surface area contributed by atoms with E-state index in [1.165, 1.54) is 7.11 Å². The van der Waals surface area contributed by atoms with Gasteiger partial charge in [-0.2, -0.15) is 0 Å². The lowest BCUT2D eigenvalue weighted by Crippen LogP contribution is -2.04. The molecule has 0 aromatic heterocycles. The van der Waals surface area contributed by atoms with Crippen molar-refractivity contribution >= 4 is 5.97 Å². The minimum Gasteiger partial charge on any atom is -0.469 e. The van der Waals surface area contributed by atoms with E-state index in [0.717, 1.165) is 0 Å². The van der Waals surface area contributed by atoms with Crippen molar-refractivity contribution in [2.24, 2.45) is 0 Å². The van der Waals surface area contributed by atoms with Crippen molar-refractivity contribution in [2.75, 3.05) is 7.11 Å². The fourth-order valence-corrected chi connectivity index (χ4v) is 0.430. The lowest BCUT2D eigenvalue weighted by atomic mass is 10.2. The third-order valence-corrected chi connectivity index (χ3v) is 1.01. The summed E-state index contributed by atoms with van der Waals surface area (Å²) in [5.41, 5.74) is 0. The van der Waals surface area contributed by atoms with Crippen molar-refractivity contribution in [2.45, 2.75) is 19.0 Å². The van der Waals surface area contributed by atoms with Crippen LogP contribution in [-0.4, -0.2) is 19.3 Å². The summed E-state index contributed by atoms with van der Waals surface area (Å²) < 4.78 is 16.5. The number of carbonyl (C=O) groups is 1. The molecule has 0 spiro atoms. The summed E-state index contributed by atoms with van der Waals surface area (Å²) in [6, 6.07) is 0. The molecule has 0 aliphatic carbocycles. The summed E-state index contributed by atoms with van der Waals surface area (Å²) >= 11 is 0. The molecule has 0 bridgehead atoms. The molecule has 0 saturated carbocycles. The predicted octanol–water partition coefficient (Wildman–Crippen LogP) is 0.911. The third-order valence-electron chi connectivity index (χ3n) is 1.01. The molecular formula is C7H9FO2. The highest BCUT2D eigenvalue weighted by molar-refractivity contribution is 5.69. The van der Waals surface area contributed by atoms with E-state index < -0.39 is 12.1 Å². The van der Waals surface area contributed by atoms with Crippen LogP contribution >= 0.6 is 0 Å². The Hall–Kier alpha value is -1.04. The van der Waals surface area contributed by atoms with Crippen molar-refractivity contribution in [3.8, 4) is 12.3 Å². The first-order valence-electron chi connectivity index (χ1n) is 2.87. The molecule has 1 unspecified atom stereocenters. The van der Waals surface area contributed by atoms with Crippen LogP contribution in [0.3, 0.4) is 0 Å². The summed E-state index contributed by atoms with van der Waals surface area (Å²) in [7, 11) is 1.26. The minimum atomic E-state index is -1.33. The van der Waals surface area contributed by atoms with Gasteiger partial charge < -0.3 is 4.74 Å². The Labute approximate surface area is 59.4 Å². The van der Waals surface area contributed by atoms with Crippen molar-refractivity contribution in [1.29, 1.82) is 0 Å². The normalized spacial score (nSPS) is 11.7. The second-order valence-electron chi connectivity index (χ2n) is 1.75. The summed E-state index contributed by atoms with van der Waals surface area (Å²) in [5, 5.41) is 0. The standard InChI is InChI=1S/C7H9FO2/c1-3-6(8)4-5-7(9)10-2/h1,6H,4-5H2,2H3. The average Bonchev–Trinajstić information content (AvgIpc) is 1.99. The lowest BCUT2D eigenvalue weighted by Gasteiger charge is -1.98. The van der Waals surface area contributed by atoms with E-state index in [2.05, 4.69) is 4.74 Å². The molecule has 0 saturated heterocycles. The summed E-state index contributed by atoms with van der Waals surface area (Å²) in [6.45, 7) is 0. The Morgan fingerprint density at radius 1 is 1.90 bits per heavy atom. The summed E-state index contributed by atoms with van der Waals surface area (Å²) in [5.74, 6) is 1.44. The molecule has 0 radical (unpaired) electrons. The van der Waals surface area contributed by atoms with Crippen molar-refractivity contribution < 1.29 is 13.9 Å². The first-order chi connectivity index (χ1) is 4.70. The number of halogens is 1. The van der Waals surface area contributed by atoms with E-state index in [4.69, 9.17) is 6.42 Å². The molecule has 3 heteroatoms. The van der Waals surface area contributed by atoms with E-state index >= 15 is 0 Å². The predicted molar refractivity (Wildman–Crippen MR) is 35.0 cm³/mol. The zero-order valence-corrected chi connectivity index (χ0v) is 5.76. The van der Waals surface area contributed by atoms with Crippen LogP contribution in [0.2, 0.25) is 0 Å². The molecule has 2 nitrogen and oxygen atoms in total. The fraction of sp³-hybridized carbons (Fsp3) is 0.571. The van der Waals surface area contributed by atoms with Gasteiger partial charge in [-0.25, -0.2) is 4.39 Å². The van der Waals surface area contributed by atoms with Gasteiger partial charge in [-0.3, -0.25) is 4.79 Å². The van der Waals surface area contributed by atoms with Gasteiger partial charge in [0.25, 0.3) is 0 Å². The zero-order chi connectivity index (χ0) is 7.98. The Morgan fingerprint density at radius 3 is 2.90 bits per heavy atom. The third kappa shape index (κ3) is 3.90. The molecule has 0 N–H and O–H groups in total. The van der Waals surface area contributed by atoms with E-state index in [1.807, 2.05) is 5.92 Å². The van der Waals surface area contributed by atoms with E-state index in [1.54, 1.807) is 0 Å². The highest BCUT2D eigenvalue weighted by Gasteiger charge is 2.05. The Morgan fingerprint density at radius 2 is 2.50 bits per heavy atom. The number of ether oxygens (including phenoxy) is 1. The number of carbonyl (C=O) groups excluding carboxylic acids is 1. The van der Waals surface area contributed by atoms with Crippen LogP contribution in [0, 0.1) is 12.3 Å². The van der Waals surface area contributed by atoms with Gasteiger partial charge in [0, 0.05) is 12.8 Å². The Balaban J connectivity index is 3.37. The molecule has 0 rings (SSSR count). The van der Waals surface area contributed by atoms with Gasteiger partial charge in [0.05, 0.1) is 7.11 Å². The van der Waals surface area contributed by atoms with Gasteiger partial charge in [0.2, 0.25) is 0 Å². The van der Waals surface area contributed by atoms with Crippen LogP contribution in [0.15, 0.2) is 0 Å². The van der Waals surface area contributed by atoms with Crippen LogP contribution in [0.5, 0.6) is 0 Å². The van der Waals surface area contributed by atoms with E-state index in [0.29, 0.717) is 0 Å². The summed E-state index contributed by atoms with van der Waals surface area (Å²) in [6.07, 6.45) is 3.48. The van der Waals surface area contributed by atoms with Crippen LogP contribution in [-0.2, 0) is 9.53 Å². The van der Waals surface area contributed by atoms with Gasteiger partial charge in [-0.1, -0.05) is 5.92 Å². The largest absolute Gasteiger partial charge is 0.469 e. The SMILES string of the molecule is C#CC(F)CCC(=O)OC. The number of rotatable bonds is 3. The smallest absolute Gasteiger partial charge is 0.305 e. The van der Waals surface area contributed by atoms with Gasteiger partial charge in [0.15, 0.2) is 6.17 Å². The van der Waals surface area contributed by atoms with Crippen LogP contribution in [0.25, 0.3) is 0 Å². The number of terminal acetylenes is 1.